The van der Waals surface area contributed by atoms with E-state index in [0.717, 1.165) is 32.2 Å². The number of nitrogens with zero attached hydrogens (tertiary/aromatic N) is 1. The van der Waals surface area contributed by atoms with Crippen LogP contribution in [0.2, 0.25) is 0 Å². The van der Waals surface area contributed by atoms with Gasteiger partial charge in [-0.05, 0) is 69.9 Å². The second-order valence-corrected chi connectivity index (χ2v) is 7.94. The Morgan fingerprint density at radius 2 is 1.70 bits per heavy atom. The van der Waals surface area contributed by atoms with Crippen LogP contribution in [0.4, 0.5) is 4.39 Å². The molecule has 3 fully saturated rings. The molecule has 4 atom stereocenters. The minimum atomic E-state index is -0.898. The van der Waals surface area contributed by atoms with Crippen LogP contribution in [-0.4, -0.2) is 54.6 Å². The fourth-order valence-corrected chi connectivity index (χ4v) is 4.82. The van der Waals surface area contributed by atoms with E-state index in [-0.39, 0.29) is 18.1 Å². The second-order valence-electron chi connectivity index (χ2n) is 7.94. The van der Waals surface area contributed by atoms with E-state index in [1.54, 1.807) is 0 Å². The Labute approximate surface area is 140 Å². The van der Waals surface area contributed by atoms with Crippen molar-refractivity contribution in [3.63, 3.8) is 0 Å². The van der Waals surface area contributed by atoms with E-state index in [1.165, 1.54) is 45.2 Å². The van der Waals surface area contributed by atoms with Gasteiger partial charge in [-0.1, -0.05) is 19.3 Å². The lowest BCUT2D eigenvalue weighted by Gasteiger charge is -2.38. The summed E-state index contributed by atoms with van der Waals surface area (Å²) in [5.41, 5.74) is 0. The summed E-state index contributed by atoms with van der Waals surface area (Å²) >= 11 is 0. The summed E-state index contributed by atoms with van der Waals surface area (Å²) in [6.45, 7) is 3.93. The Balaban J connectivity index is 1.37. The third-order valence-electron chi connectivity index (χ3n) is 6.31. The summed E-state index contributed by atoms with van der Waals surface area (Å²) in [7, 11) is 0. The Morgan fingerprint density at radius 1 is 0.957 bits per heavy atom. The number of hydrogen-bond acceptors (Lipinski definition) is 3. The Morgan fingerprint density at radius 3 is 2.39 bits per heavy atom. The van der Waals surface area contributed by atoms with Crippen molar-refractivity contribution in [1.82, 2.24) is 4.90 Å². The fraction of sp³-hybridized carbons (Fsp3) is 1.00. The third kappa shape index (κ3) is 4.90. The SMILES string of the molecule is OC(C1CCCCC1)C1CCC(OCCN2CCCC2)C(F)C1. The second kappa shape index (κ2) is 8.77. The minimum Gasteiger partial charge on any atom is -0.393 e. The van der Waals surface area contributed by atoms with Crippen molar-refractivity contribution in [2.45, 2.75) is 82.6 Å². The molecule has 0 spiro atoms. The molecule has 1 N–H and O–H groups in total. The zero-order valence-electron chi connectivity index (χ0n) is 14.5. The molecule has 2 saturated carbocycles. The zero-order valence-corrected chi connectivity index (χ0v) is 14.5. The first-order valence-electron chi connectivity index (χ1n) is 9.90. The summed E-state index contributed by atoms with van der Waals surface area (Å²) in [5, 5.41) is 10.6. The topological polar surface area (TPSA) is 32.7 Å². The number of ether oxygens (including phenoxy) is 1. The molecule has 1 saturated heterocycles. The van der Waals surface area contributed by atoms with Crippen molar-refractivity contribution < 1.29 is 14.2 Å². The van der Waals surface area contributed by atoms with Crippen LogP contribution in [0.25, 0.3) is 0 Å². The summed E-state index contributed by atoms with van der Waals surface area (Å²) < 4.78 is 20.3. The first-order chi connectivity index (χ1) is 11.2. The number of halogens is 1. The van der Waals surface area contributed by atoms with Crippen molar-refractivity contribution >= 4 is 0 Å². The summed E-state index contributed by atoms with van der Waals surface area (Å²) in [6, 6.07) is 0. The Kier molecular flexibility index (Phi) is 6.72. The Bertz CT molecular complexity index is 342. The van der Waals surface area contributed by atoms with Crippen molar-refractivity contribution in [2.24, 2.45) is 11.8 Å². The van der Waals surface area contributed by atoms with E-state index in [4.69, 9.17) is 4.74 Å². The molecule has 23 heavy (non-hydrogen) atoms. The van der Waals surface area contributed by atoms with Gasteiger partial charge in [0.05, 0.1) is 18.8 Å². The summed E-state index contributed by atoms with van der Waals surface area (Å²) in [6.07, 6.45) is 9.35. The van der Waals surface area contributed by atoms with Crippen LogP contribution >= 0.6 is 0 Å². The van der Waals surface area contributed by atoms with E-state index >= 15 is 0 Å². The third-order valence-corrected chi connectivity index (χ3v) is 6.31. The molecule has 2 aliphatic carbocycles. The van der Waals surface area contributed by atoms with Gasteiger partial charge in [-0.3, -0.25) is 0 Å². The highest BCUT2D eigenvalue weighted by Crippen LogP contribution is 2.37. The van der Waals surface area contributed by atoms with Gasteiger partial charge in [0.15, 0.2) is 0 Å². The van der Waals surface area contributed by atoms with E-state index in [2.05, 4.69) is 4.90 Å². The average molecular weight is 327 g/mol. The van der Waals surface area contributed by atoms with Crippen LogP contribution in [0.1, 0.15) is 64.2 Å². The molecule has 4 heteroatoms. The van der Waals surface area contributed by atoms with Crippen molar-refractivity contribution in [3.05, 3.63) is 0 Å². The van der Waals surface area contributed by atoms with Crippen LogP contribution < -0.4 is 0 Å². The molecule has 0 amide bonds. The van der Waals surface area contributed by atoms with Crippen LogP contribution in [0, 0.1) is 11.8 Å². The molecule has 134 valence electrons. The molecule has 1 aliphatic heterocycles. The maximum absolute atomic E-state index is 14.5. The zero-order chi connectivity index (χ0) is 16.1. The van der Waals surface area contributed by atoms with Crippen LogP contribution in [0.3, 0.4) is 0 Å². The van der Waals surface area contributed by atoms with Crippen molar-refractivity contribution in [3.8, 4) is 0 Å². The molecule has 3 rings (SSSR count). The first kappa shape index (κ1) is 17.6. The van der Waals surface area contributed by atoms with Crippen molar-refractivity contribution in [2.75, 3.05) is 26.2 Å². The number of likely N-dealkylation sites (tertiary alicyclic amines) is 1. The van der Waals surface area contributed by atoms with Gasteiger partial charge in [-0.25, -0.2) is 4.39 Å². The van der Waals surface area contributed by atoms with Crippen LogP contribution in [0.15, 0.2) is 0 Å². The normalized spacial score (nSPS) is 35.5. The van der Waals surface area contributed by atoms with E-state index in [1.807, 2.05) is 0 Å². The number of alkyl halides is 1. The molecule has 3 aliphatic rings. The van der Waals surface area contributed by atoms with Gasteiger partial charge < -0.3 is 14.7 Å². The molecule has 0 radical (unpaired) electrons. The highest BCUT2D eigenvalue weighted by Gasteiger charge is 2.37. The lowest BCUT2D eigenvalue weighted by molar-refractivity contribution is -0.0685. The van der Waals surface area contributed by atoms with Gasteiger partial charge in [0.25, 0.3) is 0 Å². The number of aliphatic hydroxyl groups is 1. The molecular formula is C19H34FNO2. The molecule has 1 heterocycles. The largest absolute Gasteiger partial charge is 0.393 e. The van der Waals surface area contributed by atoms with Gasteiger partial charge in [0.1, 0.15) is 6.17 Å². The molecule has 0 bridgehead atoms. The molecule has 0 aromatic heterocycles. The van der Waals surface area contributed by atoms with Gasteiger partial charge in [-0.2, -0.15) is 0 Å². The van der Waals surface area contributed by atoms with E-state index in [9.17, 15) is 9.50 Å². The highest BCUT2D eigenvalue weighted by atomic mass is 19.1. The minimum absolute atomic E-state index is 0.145. The smallest absolute Gasteiger partial charge is 0.127 e. The Hall–Kier alpha value is -0.190. The van der Waals surface area contributed by atoms with Crippen LogP contribution in [-0.2, 0) is 4.74 Å². The van der Waals surface area contributed by atoms with Gasteiger partial charge in [-0.15, -0.1) is 0 Å². The van der Waals surface area contributed by atoms with Crippen molar-refractivity contribution in [1.29, 1.82) is 0 Å². The summed E-state index contributed by atoms with van der Waals surface area (Å²) in [5.74, 6) is 0.556. The molecule has 0 aromatic rings. The predicted octanol–water partition coefficient (Wildman–Crippen LogP) is 3.55. The standard InChI is InChI=1S/C19H34FNO2/c20-17-14-16(19(22)15-6-2-1-3-7-15)8-9-18(17)23-13-12-21-10-4-5-11-21/h15-19,22H,1-14H2. The monoisotopic (exact) mass is 327 g/mol. The van der Waals surface area contributed by atoms with Gasteiger partial charge >= 0.3 is 0 Å². The van der Waals surface area contributed by atoms with Gasteiger partial charge in [0.2, 0.25) is 0 Å². The highest BCUT2D eigenvalue weighted by molar-refractivity contribution is 4.87. The predicted molar refractivity (Wildman–Crippen MR) is 90.2 cm³/mol. The average Bonchev–Trinajstić information content (AvgIpc) is 3.10. The first-order valence-corrected chi connectivity index (χ1v) is 9.90. The fourth-order valence-electron chi connectivity index (χ4n) is 4.82. The van der Waals surface area contributed by atoms with Crippen LogP contribution in [0.5, 0.6) is 0 Å². The maximum atomic E-state index is 14.5. The number of hydrogen-bond donors (Lipinski definition) is 1. The number of rotatable bonds is 6. The molecule has 4 unspecified atom stereocenters. The maximum Gasteiger partial charge on any atom is 0.127 e. The van der Waals surface area contributed by atoms with E-state index < -0.39 is 6.17 Å². The lowest BCUT2D eigenvalue weighted by Crippen LogP contribution is -2.41. The lowest BCUT2D eigenvalue weighted by atomic mass is 9.74. The molecule has 0 aromatic carbocycles. The quantitative estimate of drug-likeness (QED) is 0.810. The van der Waals surface area contributed by atoms with Gasteiger partial charge in [0, 0.05) is 6.54 Å². The molecule has 3 nitrogen and oxygen atoms in total. The molecular weight excluding hydrogens is 293 g/mol. The number of aliphatic hydroxyl groups excluding tert-OH is 1. The summed E-state index contributed by atoms with van der Waals surface area (Å²) in [4.78, 5) is 2.41. The van der Waals surface area contributed by atoms with E-state index in [0.29, 0.717) is 18.9 Å².